The topological polar surface area (TPSA) is 52.6 Å². The first kappa shape index (κ1) is 12.0. The summed E-state index contributed by atoms with van der Waals surface area (Å²) in [6, 6.07) is 6.80. The Labute approximate surface area is 93.4 Å². The van der Waals surface area contributed by atoms with E-state index >= 15 is 0 Å². The smallest absolute Gasteiger partial charge is 0.267 e. The molecule has 0 saturated heterocycles. The lowest BCUT2D eigenvalue weighted by Gasteiger charge is -2.16. The van der Waals surface area contributed by atoms with E-state index < -0.39 is 0 Å². The molecule has 0 bridgehead atoms. The van der Waals surface area contributed by atoms with Crippen LogP contribution in [0.3, 0.4) is 0 Å². The summed E-state index contributed by atoms with van der Waals surface area (Å²) in [5.41, 5.74) is 3.01. The lowest BCUT2D eigenvalue weighted by Crippen LogP contribution is -2.40. The van der Waals surface area contributed by atoms with E-state index in [0.29, 0.717) is 17.1 Å². The number of aliphatic hydroxyl groups is 1. The Morgan fingerprint density at radius 3 is 2.80 bits per heavy atom. The fraction of sp³-hybridized carbons (Fsp3) is 0.300. The first-order valence-corrected chi connectivity index (χ1v) is 4.90. The highest BCUT2D eigenvalue weighted by Gasteiger charge is 2.10. The van der Waals surface area contributed by atoms with E-state index in [0.717, 1.165) is 0 Å². The SMILES string of the molecule is CN(CCO)NC(=O)c1ccccc1Cl. The number of aliphatic hydroxyl groups excluding tert-OH is 1. The zero-order valence-corrected chi connectivity index (χ0v) is 9.16. The number of halogens is 1. The van der Waals surface area contributed by atoms with Gasteiger partial charge in [0.25, 0.3) is 5.91 Å². The fourth-order valence-electron chi connectivity index (χ4n) is 1.08. The molecule has 5 heteroatoms. The molecule has 0 aliphatic rings. The summed E-state index contributed by atoms with van der Waals surface area (Å²) in [6.45, 7) is 0.357. The number of hydrazine groups is 1. The van der Waals surface area contributed by atoms with Gasteiger partial charge in [-0.05, 0) is 12.1 Å². The molecule has 82 valence electrons. The van der Waals surface area contributed by atoms with Crippen molar-refractivity contribution >= 4 is 17.5 Å². The second-order valence-corrected chi connectivity index (χ2v) is 3.47. The van der Waals surface area contributed by atoms with Crippen LogP contribution in [0.25, 0.3) is 0 Å². The quantitative estimate of drug-likeness (QED) is 0.754. The molecule has 0 aromatic heterocycles. The van der Waals surface area contributed by atoms with E-state index in [1.807, 2.05) is 0 Å². The van der Waals surface area contributed by atoms with Gasteiger partial charge in [-0.25, -0.2) is 5.01 Å². The average molecular weight is 229 g/mol. The third-order valence-electron chi connectivity index (χ3n) is 1.85. The average Bonchev–Trinajstić information content (AvgIpc) is 2.18. The standard InChI is InChI=1S/C10H13ClN2O2/c1-13(6-7-14)12-10(15)8-4-2-3-5-9(8)11/h2-5,14H,6-7H2,1H3,(H,12,15). The van der Waals surface area contributed by atoms with Crippen molar-refractivity contribution in [3.05, 3.63) is 34.9 Å². The molecule has 2 N–H and O–H groups in total. The maximum atomic E-state index is 11.6. The van der Waals surface area contributed by atoms with Crippen molar-refractivity contribution in [1.29, 1.82) is 0 Å². The highest BCUT2D eigenvalue weighted by Crippen LogP contribution is 2.14. The zero-order valence-electron chi connectivity index (χ0n) is 8.40. The maximum Gasteiger partial charge on any atom is 0.267 e. The van der Waals surface area contributed by atoms with E-state index in [2.05, 4.69) is 5.43 Å². The molecule has 1 rings (SSSR count). The van der Waals surface area contributed by atoms with Gasteiger partial charge in [0.15, 0.2) is 0 Å². The second kappa shape index (κ2) is 5.70. The molecule has 0 heterocycles. The largest absolute Gasteiger partial charge is 0.395 e. The van der Waals surface area contributed by atoms with E-state index in [1.165, 1.54) is 5.01 Å². The van der Waals surface area contributed by atoms with Gasteiger partial charge in [0.2, 0.25) is 0 Å². The van der Waals surface area contributed by atoms with Crippen molar-refractivity contribution < 1.29 is 9.90 Å². The van der Waals surface area contributed by atoms with E-state index in [9.17, 15) is 4.79 Å². The molecule has 1 amide bonds. The number of benzene rings is 1. The van der Waals surface area contributed by atoms with Crippen LogP contribution in [0.1, 0.15) is 10.4 Å². The Morgan fingerprint density at radius 1 is 1.53 bits per heavy atom. The fourth-order valence-corrected chi connectivity index (χ4v) is 1.31. The minimum atomic E-state index is -0.281. The Morgan fingerprint density at radius 2 is 2.20 bits per heavy atom. The van der Waals surface area contributed by atoms with E-state index in [-0.39, 0.29) is 12.5 Å². The highest BCUT2D eigenvalue weighted by atomic mass is 35.5. The normalized spacial score (nSPS) is 10.4. The van der Waals surface area contributed by atoms with Gasteiger partial charge >= 0.3 is 0 Å². The Hall–Kier alpha value is -1.10. The van der Waals surface area contributed by atoms with Crippen LogP contribution in [-0.2, 0) is 0 Å². The molecule has 0 fully saturated rings. The van der Waals surface area contributed by atoms with Crippen LogP contribution < -0.4 is 5.43 Å². The van der Waals surface area contributed by atoms with Crippen molar-refractivity contribution in [3.8, 4) is 0 Å². The number of rotatable bonds is 4. The highest BCUT2D eigenvalue weighted by molar-refractivity contribution is 6.33. The van der Waals surface area contributed by atoms with Crippen molar-refractivity contribution in [2.75, 3.05) is 20.2 Å². The minimum Gasteiger partial charge on any atom is -0.395 e. The summed E-state index contributed by atoms with van der Waals surface area (Å²) in [5.74, 6) is -0.281. The Bertz CT molecular complexity index is 344. The van der Waals surface area contributed by atoms with Crippen LogP contribution in [-0.4, -0.2) is 36.2 Å². The van der Waals surface area contributed by atoms with Crippen LogP contribution >= 0.6 is 11.6 Å². The Balaban J connectivity index is 2.65. The number of likely N-dealkylation sites (N-methyl/N-ethyl adjacent to an activating group) is 1. The summed E-state index contributed by atoms with van der Waals surface area (Å²) in [6.07, 6.45) is 0. The molecule has 1 aromatic rings. The van der Waals surface area contributed by atoms with Gasteiger partial charge in [-0.2, -0.15) is 0 Å². The molecule has 0 atom stereocenters. The van der Waals surface area contributed by atoms with Crippen molar-refractivity contribution in [1.82, 2.24) is 10.4 Å². The third-order valence-corrected chi connectivity index (χ3v) is 2.18. The summed E-state index contributed by atoms with van der Waals surface area (Å²) >= 11 is 5.85. The van der Waals surface area contributed by atoms with Crippen molar-refractivity contribution in [2.45, 2.75) is 0 Å². The van der Waals surface area contributed by atoms with Crippen LogP contribution in [0.15, 0.2) is 24.3 Å². The molecule has 1 aromatic carbocycles. The number of carbonyl (C=O) groups is 1. The van der Waals surface area contributed by atoms with Gasteiger partial charge in [-0.1, -0.05) is 23.7 Å². The Kier molecular flexibility index (Phi) is 4.55. The summed E-state index contributed by atoms with van der Waals surface area (Å²) < 4.78 is 0. The number of hydrogen-bond acceptors (Lipinski definition) is 3. The molecular weight excluding hydrogens is 216 g/mol. The molecule has 0 aliphatic heterocycles. The van der Waals surface area contributed by atoms with Gasteiger partial charge < -0.3 is 5.11 Å². The molecule has 0 radical (unpaired) electrons. The molecule has 0 unspecified atom stereocenters. The van der Waals surface area contributed by atoms with Crippen molar-refractivity contribution in [3.63, 3.8) is 0 Å². The number of carbonyl (C=O) groups excluding carboxylic acids is 1. The molecule has 0 saturated carbocycles. The number of amides is 1. The molecule has 0 spiro atoms. The van der Waals surface area contributed by atoms with E-state index in [1.54, 1.807) is 31.3 Å². The molecule has 15 heavy (non-hydrogen) atoms. The minimum absolute atomic E-state index is 0.0146. The monoisotopic (exact) mass is 228 g/mol. The predicted molar refractivity (Wildman–Crippen MR) is 58.6 cm³/mol. The van der Waals surface area contributed by atoms with Crippen LogP contribution in [0.4, 0.5) is 0 Å². The molecule has 0 aliphatic carbocycles. The van der Waals surface area contributed by atoms with Gasteiger partial charge in [0, 0.05) is 13.6 Å². The van der Waals surface area contributed by atoms with Crippen molar-refractivity contribution in [2.24, 2.45) is 0 Å². The number of hydrogen-bond donors (Lipinski definition) is 2. The summed E-state index contributed by atoms with van der Waals surface area (Å²) in [5, 5.41) is 10.6. The molecular formula is C10H13ClN2O2. The third kappa shape index (κ3) is 3.51. The maximum absolute atomic E-state index is 11.6. The number of nitrogens with zero attached hydrogens (tertiary/aromatic N) is 1. The van der Waals surface area contributed by atoms with Crippen LogP contribution in [0.2, 0.25) is 5.02 Å². The lowest BCUT2D eigenvalue weighted by atomic mass is 10.2. The van der Waals surface area contributed by atoms with Crippen LogP contribution in [0, 0.1) is 0 Å². The summed E-state index contributed by atoms with van der Waals surface area (Å²) in [7, 11) is 1.67. The summed E-state index contributed by atoms with van der Waals surface area (Å²) in [4.78, 5) is 11.6. The van der Waals surface area contributed by atoms with Gasteiger partial charge in [-0.3, -0.25) is 10.2 Å². The first-order chi connectivity index (χ1) is 7.15. The van der Waals surface area contributed by atoms with E-state index in [4.69, 9.17) is 16.7 Å². The van der Waals surface area contributed by atoms with Gasteiger partial charge in [-0.15, -0.1) is 0 Å². The van der Waals surface area contributed by atoms with Crippen LogP contribution in [0.5, 0.6) is 0 Å². The predicted octanol–water partition coefficient (Wildman–Crippen LogP) is 0.909. The molecule has 4 nitrogen and oxygen atoms in total. The van der Waals surface area contributed by atoms with Gasteiger partial charge in [0.1, 0.15) is 0 Å². The second-order valence-electron chi connectivity index (χ2n) is 3.07. The number of nitrogens with one attached hydrogen (secondary N) is 1. The van der Waals surface area contributed by atoms with Gasteiger partial charge in [0.05, 0.1) is 17.2 Å². The lowest BCUT2D eigenvalue weighted by molar-refractivity contribution is 0.0803. The zero-order chi connectivity index (χ0) is 11.3. The first-order valence-electron chi connectivity index (χ1n) is 4.52.